The summed E-state index contributed by atoms with van der Waals surface area (Å²) in [4.78, 5) is 4.10. The van der Waals surface area contributed by atoms with Crippen LogP contribution in [0.15, 0.2) is 45.6 Å². The Morgan fingerprint density at radius 2 is 2.00 bits per heavy atom. The molecule has 0 spiro atoms. The third-order valence-corrected chi connectivity index (χ3v) is 4.06. The summed E-state index contributed by atoms with van der Waals surface area (Å²) in [7, 11) is 0. The fraction of sp³-hybridized carbons (Fsp3) is 0.214. The highest BCUT2D eigenvalue weighted by Gasteiger charge is 2.10. The Balaban J connectivity index is 2.16. The molecule has 1 unspecified atom stereocenters. The zero-order valence-corrected chi connectivity index (χ0v) is 13.1. The monoisotopic (exact) mass is 369 g/mol. The molecule has 1 heterocycles. The summed E-state index contributed by atoms with van der Waals surface area (Å²) in [5.74, 6) is 0. The number of aryl methyl sites for hydroxylation is 1. The highest BCUT2D eigenvalue weighted by Crippen LogP contribution is 2.24. The van der Waals surface area contributed by atoms with E-state index in [4.69, 9.17) is 0 Å². The minimum absolute atomic E-state index is 0.516. The molecule has 0 amide bonds. The van der Waals surface area contributed by atoms with E-state index in [2.05, 4.69) is 36.8 Å². The molecule has 0 fully saturated rings. The Hall–Kier alpha value is -0.710. The fourth-order valence-corrected chi connectivity index (χ4v) is 2.53. The summed E-state index contributed by atoms with van der Waals surface area (Å²) in [6.07, 6.45) is 3.55. The highest BCUT2D eigenvalue weighted by atomic mass is 79.9. The van der Waals surface area contributed by atoms with Gasteiger partial charge in [0.05, 0.1) is 6.10 Å². The van der Waals surface area contributed by atoms with Crippen LogP contribution in [0.5, 0.6) is 0 Å². The van der Waals surface area contributed by atoms with Crippen LogP contribution in [0.3, 0.4) is 0 Å². The molecule has 2 nitrogen and oxygen atoms in total. The van der Waals surface area contributed by atoms with Crippen LogP contribution in [-0.4, -0.2) is 10.1 Å². The smallest absolute Gasteiger partial charge is 0.0831 e. The molecule has 0 aliphatic carbocycles. The topological polar surface area (TPSA) is 33.1 Å². The number of pyridine rings is 1. The third-order valence-electron chi connectivity index (χ3n) is 2.77. The lowest BCUT2D eigenvalue weighted by atomic mass is 10.0. The van der Waals surface area contributed by atoms with Crippen molar-refractivity contribution in [3.8, 4) is 0 Å². The minimum atomic E-state index is -0.516. The molecule has 2 aromatic rings. The summed E-state index contributed by atoms with van der Waals surface area (Å²) in [5, 5.41) is 10.2. The van der Waals surface area contributed by atoms with Gasteiger partial charge in [-0.3, -0.25) is 4.98 Å². The minimum Gasteiger partial charge on any atom is -0.388 e. The number of halogens is 2. The van der Waals surface area contributed by atoms with Crippen molar-refractivity contribution in [2.75, 3.05) is 0 Å². The van der Waals surface area contributed by atoms with Gasteiger partial charge in [-0.25, -0.2) is 0 Å². The van der Waals surface area contributed by atoms with Crippen LogP contribution in [0.2, 0.25) is 0 Å². The zero-order valence-electron chi connectivity index (χ0n) is 9.90. The Kier molecular flexibility index (Phi) is 4.54. The van der Waals surface area contributed by atoms with Gasteiger partial charge in [0.25, 0.3) is 0 Å². The fourth-order valence-electron chi connectivity index (χ4n) is 1.72. The molecule has 0 aliphatic rings. The van der Waals surface area contributed by atoms with Crippen LogP contribution < -0.4 is 0 Å². The van der Waals surface area contributed by atoms with Gasteiger partial charge in [0.2, 0.25) is 0 Å². The van der Waals surface area contributed by atoms with E-state index in [0.717, 1.165) is 25.6 Å². The number of hydrogen-bond donors (Lipinski definition) is 1. The molecule has 0 saturated heterocycles. The van der Waals surface area contributed by atoms with Gasteiger partial charge in [-0.2, -0.15) is 0 Å². The van der Waals surface area contributed by atoms with Gasteiger partial charge >= 0.3 is 0 Å². The van der Waals surface area contributed by atoms with Crippen molar-refractivity contribution in [3.05, 3.63) is 62.3 Å². The third kappa shape index (κ3) is 3.40. The number of aliphatic hydroxyl groups excluding tert-OH is 1. The summed E-state index contributed by atoms with van der Waals surface area (Å²) in [6.45, 7) is 2.03. The van der Waals surface area contributed by atoms with E-state index in [-0.39, 0.29) is 0 Å². The molecule has 1 N–H and O–H groups in total. The lowest BCUT2D eigenvalue weighted by Gasteiger charge is -2.12. The molecular weight excluding hydrogens is 358 g/mol. The van der Waals surface area contributed by atoms with Gasteiger partial charge in [-0.15, -0.1) is 0 Å². The van der Waals surface area contributed by atoms with Gasteiger partial charge in [-0.05, 0) is 51.7 Å². The normalized spacial score (nSPS) is 12.4. The number of aliphatic hydroxyl groups is 1. The molecule has 0 saturated carbocycles. The Bertz CT molecular complexity index is 557. The molecule has 1 atom stereocenters. The van der Waals surface area contributed by atoms with Crippen LogP contribution >= 0.6 is 31.9 Å². The zero-order chi connectivity index (χ0) is 13.1. The first-order valence-corrected chi connectivity index (χ1v) is 7.18. The molecule has 1 aromatic carbocycles. The van der Waals surface area contributed by atoms with Gasteiger partial charge < -0.3 is 5.11 Å². The highest BCUT2D eigenvalue weighted by molar-refractivity contribution is 9.10. The van der Waals surface area contributed by atoms with Gasteiger partial charge in [-0.1, -0.05) is 28.1 Å². The van der Waals surface area contributed by atoms with E-state index >= 15 is 0 Å². The largest absolute Gasteiger partial charge is 0.388 e. The second-order valence-corrected chi connectivity index (χ2v) is 6.01. The van der Waals surface area contributed by atoms with Crippen LogP contribution in [0.4, 0.5) is 0 Å². The van der Waals surface area contributed by atoms with E-state index in [1.165, 1.54) is 0 Å². The first-order valence-electron chi connectivity index (χ1n) is 5.60. The van der Waals surface area contributed by atoms with Crippen molar-refractivity contribution >= 4 is 31.9 Å². The standard InChI is InChI=1S/C14H13Br2NO/c1-9-2-3-11(6-13(9)16)14(18)5-10-4-12(15)8-17-7-10/h2-4,6-8,14,18H,5H2,1H3. The first kappa shape index (κ1) is 13.7. The summed E-state index contributed by atoms with van der Waals surface area (Å²) < 4.78 is 1.95. The molecule has 1 aromatic heterocycles. The predicted molar refractivity (Wildman–Crippen MR) is 79.5 cm³/mol. The first-order chi connectivity index (χ1) is 8.56. The summed E-state index contributed by atoms with van der Waals surface area (Å²) in [6, 6.07) is 7.89. The molecule has 0 aliphatic heterocycles. The Morgan fingerprint density at radius 3 is 2.67 bits per heavy atom. The van der Waals surface area contributed by atoms with E-state index in [1.807, 2.05) is 31.2 Å². The lowest BCUT2D eigenvalue weighted by Crippen LogP contribution is -2.02. The van der Waals surface area contributed by atoms with E-state index in [1.54, 1.807) is 12.4 Å². The SMILES string of the molecule is Cc1ccc(C(O)Cc2cncc(Br)c2)cc1Br. The van der Waals surface area contributed by atoms with Gasteiger partial charge in [0.1, 0.15) is 0 Å². The van der Waals surface area contributed by atoms with Crippen molar-refractivity contribution in [3.63, 3.8) is 0 Å². The van der Waals surface area contributed by atoms with Crippen molar-refractivity contribution in [2.24, 2.45) is 0 Å². The Labute approximate surface area is 123 Å². The van der Waals surface area contributed by atoms with Gasteiger partial charge in [0, 0.05) is 27.8 Å². The summed E-state index contributed by atoms with van der Waals surface area (Å²) in [5.41, 5.74) is 3.08. The second-order valence-electron chi connectivity index (χ2n) is 4.24. The van der Waals surface area contributed by atoms with Crippen LogP contribution in [-0.2, 0) is 6.42 Å². The Morgan fingerprint density at radius 1 is 1.22 bits per heavy atom. The predicted octanol–water partition coefficient (Wildman–Crippen LogP) is 4.19. The van der Waals surface area contributed by atoms with Gasteiger partial charge in [0.15, 0.2) is 0 Å². The van der Waals surface area contributed by atoms with Crippen LogP contribution in [0.1, 0.15) is 22.8 Å². The number of hydrogen-bond acceptors (Lipinski definition) is 2. The number of benzene rings is 1. The number of rotatable bonds is 3. The van der Waals surface area contributed by atoms with Crippen molar-refractivity contribution in [1.82, 2.24) is 4.98 Å². The molecule has 94 valence electrons. The number of aromatic nitrogens is 1. The van der Waals surface area contributed by atoms with E-state index < -0.39 is 6.10 Å². The maximum Gasteiger partial charge on any atom is 0.0831 e. The molecule has 2 rings (SSSR count). The lowest BCUT2D eigenvalue weighted by molar-refractivity contribution is 0.178. The second kappa shape index (κ2) is 5.95. The quantitative estimate of drug-likeness (QED) is 0.878. The average Bonchev–Trinajstić information content (AvgIpc) is 2.32. The van der Waals surface area contributed by atoms with Crippen LogP contribution in [0, 0.1) is 6.92 Å². The average molecular weight is 371 g/mol. The number of nitrogens with zero attached hydrogens (tertiary/aromatic N) is 1. The van der Waals surface area contributed by atoms with E-state index in [0.29, 0.717) is 6.42 Å². The van der Waals surface area contributed by atoms with Crippen LogP contribution in [0.25, 0.3) is 0 Å². The molecule has 18 heavy (non-hydrogen) atoms. The summed E-state index contributed by atoms with van der Waals surface area (Å²) >= 11 is 6.86. The van der Waals surface area contributed by atoms with Crippen molar-refractivity contribution < 1.29 is 5.11 Å². The maximum absolute atomic E-state index is 10.2. The molecule has 0 radical (unpaired) electrons. The molecule has 0 bridgehead atoms. The molecule has 4 heteroatoms. The van der Waals surface area contributed by atoms with Crippen molar-refractivity contribution in [1.29, 1.82) is 0 Å². The van der Waals surface area contributed by atoms with E-state index in [9.17, 15) is 5.11 Å². The molecular formula is C14H13Br2NO. The van der Waals surface area contributed by atoms with Crippen molar-refractivity contribution in [2.45, 2.75) is 19.4 Å². The maximum atomic E-state index is 10.2.